The minimum Gasteiger partial charge on any atom is -0.350 e. The second-order valence-corrected chi connectivity index (χ2v) is 9.54. The molecule has 0 aliphatic carbocycles. The van der Waals surface area contributed by atoms with E-state index in [1.54, 1.807) is 37.3 Å². The highest BCUT2D eigenvalue weighted by Gasteiger charge is 2.26. The van der Waals surface area contributed by atoms with Gasteiger partial charge in [-0.2, -0.15) is 0 Å². The molecule has 0 saturated heterocycles. The van der Waals surface area contributed by atoms with Crippen LogP contribution in [0.3, 0.4) is 0 Å². The van der Waals surface area contributed by atoms with Crippen LogP contribution in [0.1, 0.15) is 18.9 Å². The van der Waals surface area contributed by atoms with Crippen LogP contribution >= 0.6 is 0 Å². The molecule has 0 atom stereocenters. The van der Waals surface area contributed by atoms with Crippen LogP contribution in [0.4, 0.5) is 0 Å². The summed E-state index contributed by atoms with van der Waals surface area (Å²) in [5.74, 6) is -1.63. The summed E-state index contributed by atoms with van der Waals surface area (Å²) in [6.45, 7) is 1.52. The molecule has 24 heavy (non-hydrogen) atoms. The monoisotopic (exact) mass is 369 g/mol. The van der Waals surface area contributed by atoms with E-state index in [0.717, 1.165) is 0 Å². The van der Waals surface area contributed by atoms with Crippen molar-refractivity contribution in [2.24, 2.45) is 0 Å². The predicted molar refractivity (Wildman–Crippen MR) is 92.3 cm³/mol. The molecule has 2 rings (SSSR count). The minimum atomic E-state index is -3.62. The summed E-state index contributed by atoms with van der Waals surface area (Å²) in [7, 11) is -7.13. The number of amides is 1. The summed E-state index contributed by atoms with van der Waals surface area (Å²) in [5, 5.41) is 2.37. The summed E-state index contributed by atoms with van der Waals surface area (Å²) in [6.07, 6.45) is 3.32. The van der Waals surface area contributed by atoms with Gasteiger partial charge in [-0.1, -0.05) is 37.3 Å². The van der Waals surface area contributed by atoms with Crippen LogP contribution in [0.25, 0.3) is 0 Å². The molecule has 0 bridgehead atoms. The first-order valence-electron chi connectivity index (χ1n) is 7.40. The zero-order valence-corrected chi connectivity index (χ0v) is 14.9. The first-order chi connectivity index (χ1) is 11.2. The lowest BCUT2D eigenvalue weighted by Crippen LogP contribution is -2.33. The van der Waals surface area contributed by atoms with Crippen molar-refractivity contribution in [2.45, 2.75) is 19.1 Å². The van der Waals surface area contributed by atoms with Crippen molar-refractivity contribution < 1.29 is 21.6 Å². The van der Waals surface area contributed by atoms with E-state index in [4.69, 9.17) is 0 Å². The standard InChI is InChI=1S/C16H19NO5S2/c1-2-14-8-9-15(24(14,21)22)10-17-16(18)12-23(19,20)11-13-6-4-3-5-7-13/h3-9H,2,10-12H2,1H3,(H,17,18). The Bertz CT molecular complexity index is 882. The summed E-state index contributed by atoms with van der Waals surface area (Å²) >= 11 is 0. The van der Waals surface area contributed by atoms with Gasteiger partial charge in [0.1, 0.15) is 5.75 Å². The topological polar surface area (TPSA) is 97.4 Å². The van der Waals surface area contributed by atoms with E-state index in [9.17, 15) is 21.6 Å². The Labute approximate surface area is 142 Å². The van der Waals surface area contributed by atoms with Gasteiger partial charge in [0.15, 0.2) is 9.84 Å². The number of hydrogen-bond donors (Lipinski definition) is 1. The van der Waals surface area contributed by atoms with Crippen molar-refractivity contribution in [3.63, 3.8) is 0 Å². The molecule has 1 aliphatic rings. The van der Waals surface area contributed by atoms with Gasteiger partial charge in [-0.25, -0.2) is 16.8 Å². The molecule has 0 unspecified atom stereocenters. The average molecular weight is 369 g/mol. The molecule has 0 spiro atoms. The molecular formula is C16H19NO5S2. The fourth-order valence-corrected chi connectivity index (χ4v) is 5.09. The van der Waals surface area contributed by atoms with Gasteiger partial charge in [0.05, 0.1) is 17.2 Å². The molecule has 0 saturated carbocycles. The highest BCUT2D eigenvalue weighted by Crippen LogP contribution is 2.25. The first kappa shape index (κ1) is 18.4. The summed E-state index contributed by atoms with van der Waals surface area (Å²) in [6, 6.07) is 8.56. The fourth-order valence-electron chi connectivity index (χ4n) is 2.31. The average Bonchev–Trinajstić information content (AvgIpc) is 2.79. The van der Waals surface area contributed by atoms with Crippen molar-refractivity contribution in [3.8, 4) is 0 Å². The van der Waals surface area contributed by atoms with Gasteiger partial charge >= 0.3 is 0 Å². The number of carbonyl (C=O) groups excluding carboxylic acids is 1. The van der Waals surface area contributed by atoms with Crippen molar-refractivity contribution in [3.05, 3.63) is 57.9 Å². The predicted octanol–water partition coefficient (Wildman–Crippen LogP) is 1.32. The second kappa shape index (κ2) is 7.31. The van der Waals surface area contributed by atoms with Crippen LogP contribution in [0, 0.1) is 0 Å². The zero-order valence-electron chi connectivity index (χ0n) is 13.2. The third-order valence-electron chi connectivity index (χ3n) is 3.53. The molecule has 1 amide bonds. The number of allylic oxidation sites excluding steroid dienone is 3. The molecule has 1 aromatic rings. The van der Waals surface area contributed by atoms with Gasteiger partial charge in [0.25, 0.3) is 0 Å². The lowest BCUT2D eigenvalue weighted by Gasteiger charge is -2.08. The van der Waals surface area contributed by atoms with Gasteiger partial charge in [0, 0.05) is 4.91 Å². The van der Waals surface area contributed by atoms with Crippen molar-refractivity contribution >= 4 is 25.6 Å². The zero-order chi connectivity index (χ0) is 17.8. The molecule has 1 aromatic carbocycles. The Morgan fingerprint density at radius 3 is 2.29 bits per heavy atom. The van der Waals surface area contributed by atoms with E-state index < -0.39 is 31.3 Å². The van der Waals surface area contributed by atoms with Gasteiger partial charge < -0.3 is 5.32 Å². The van der Waals surface area contributed by atoms with Crippen molar-refractivity contribution in [1.82, 2.24) is 5.32 Å². The molecule has 6 nitrogen and oxygen atoms in total. The number of rotatable bonds is 7. The van der Waals surface area contributed by atoms with Gasteiger partial charge in [0.2, 0.25) is 15.7 Å². The first-order valence-corrected chi connectivity index (χ1v) is 10.7. The Morgan fingerprint density at radius 1 is 1.08 bits per heavy atom. The Balaban J connectivity index is 1.90. The van der Waals surface area contributed by atoms with Crippen molar-refractivity contribution in [2.75, 3.05) is 12.3 Å². The Hall–Kier alpha value is -1.93. The largest absolute Gasteiger partial charge is 0.350 e. The minimum absolute atomic E-state index is 0.0770. The van der Waals surface area contributed by atoms with Gasteiger partial charge in [-0.15, -0.1) is 0 Å². The van der Waals surface area contributed by atoms with Crippen molar-refractivity contribution in [1.29, 1.82) is 0 Å². The van der Waals surface area contributed by atoms with E-state index in [0.29, 0.717) is 16.9 Å². The van der Waals surface area contributed by atoms with Crippen LogP contribution in [0.5, 0.6) is 0 Å². The van der Waals surface area contributed by atoms with Crippen LogP contribution in [0.15, 0.2) is 52.3 Å². The molecule has 1 N–H and O–H groups in total. The van der Waals surface area contributed by atoms with Crippen LogP contribution in [0.2, 0.25) is 0 Å². The third-order valence-corrected chi connectivity index (χ3v) is 7.10. The third kappa shape index (κ3) is 4.55. The fraction of sp³-hybridized carbons (Fsp3) is 0.312. The molecule has 0 fully saturated rings. The molecule has 1 aliphatic heterocycles. The lowest BCUT2D eigenvalue weighted by atomic mass is 10.2. The number of benzene rings is 1. The van der Waals surface area contributed by atoms with Gasteiger partial charge in [-0.3, -0.25) is 4.79 Å². The van der Waals surface area contributed by atoms with Crippen LogP contribution in [-0.2, 0) is 30.2 Å². The Morgan fingerprint density at radius 2 is 1.71 bits per heavy atom. The summed E-state index contributed by atoms with van der Waals surface area (Å²) in [4.78, 5) is 12.2. The number of nitrogens with one attached hydrogen (secondary N) is 1. The molecule has 8 heteroatoms. The van der Waals surface area contributed by atoms with E-state index in [-0.39, 0.29) is 17.2 Å². The van der Waals surface area contributed by atoms with Gasteiger partial charge in [-0.05, 0) is 24.1 Å². The maximum Gasteiger partial charge on any atom is 0.235 e. The smallest absolute Gasteiger partial charge is 0.235 e. The second-order valence-electron chi connectivity index (χ2n) is 5.42. The number of carbonyl (C=O) groups is 1. The van der Waals surface area contributed by atoms with E-state index in [2.05, 4.69) is 5.32 Å². The van der Waals surface area contributed by atoms with Crippen LogP contribution < -0.4 is 5.32 Å². The lowest BCUT2D eigenvalue weighted by molar-refractivity contribution is -0.118. The van der Waals surface area contributed by atoms with E-state index in [1.807, 2.05) is 0 Å². The van der Waals surface area contributed by atoms with E-state index in [1.165, 1.54) is 12.2 Å². The normalized spacial score (nSPS) is 16.4. The Kier molecular flexibility index (Phi) is 5.61. The SMILES string of the molecule is CCC1=CC=C(CNC(=O)CS(=O)(=O)Cc2ccccc2)S1(=O)=O. The molecule has 0 radical (unpaired) electrons. The summed E-state index contributed by atoms with van der Waals surface area (Å²) in [5.41, 5.74) is 0.600. The maximum absolute atomic E-state index is 12.1. The highest BCUT2D eigenvalue weighted by atomic mass is 32.2. The molecule has 0 aromatic heterocycles. The molecule has 130 valence electrons. The number of sulfone groups is 2. The summed E-state index contributed by atoms with van der Waals surface area (Å²) < 4.78 is 48.2. The van der Waals surface area contributed by atoms with E-state index >= 15 is 0 Å². The number of hydrogen-bond acceptors (Lipinski definition) is 5. The molecule has 1 heterocycles. The quantitative estimate of drug-likeness (QED) is 0.782. The van der Waals surface area contributed by atoms with Crippen LogP contribution in [-0.4, -0.2) is 35.0 Å². The molecular weight excluding hydrogens is 350 g/mol. The highest BCUT2D eigenvalue weighted by molar-refractivity contribution is 7.99. The maximum atomic E-state index is 12.1.